The number of hydrogen-bond acceptors (Lipinski definition) is 9. The molecular weight excluding hydrogens is 613 g/mol. The number of benzene rings is 2. The Kier molecular flexibility index (Phi) is 9.03. The van der Waals surface area contributed by atoms with Gasteiger partial charge in [-0.05, 0) is 56.0 Å². The SMILES string of the molecule is COC1C(C(=O)N(c2cc(Br)cc(C#N)c2)[C@H]2CCC[C@@H]2O)OC(CO)C(O)C1n1cc(-c2ccc(C)c(F)c2)nn1. The van der Waals surface area contributed by atoms with Crippen molar-refractivity contribution >= 4 is 27.5 Å². The molecule has 2 fully saturated rings. The Labute approximate surface area is 250 Å². The summed E-state index contributed by atoms with van der Waals surface area (Å²) in [6.45, 7) is 1.04. The van der Waals surface area contributed by atoms with Gasteiger partial charge in [0.25, 0.3) is 5.91 Å². The van der Waals surface area contributed by atoms with Crippen LogP contribution in [0.5, 0.6) is 0 Å². The van der Waals surface area contributed by atoms with Gasteiger partial charge in [0, 0.05) is 22.8 Å². The first kappa shape index (κ1) is 30.2. The molecule has 2 heterocycles. The van der Waals surface area contributed by atoms with Gasteiger partial charge >= 0.3 is 0 Å². The Morgan fingerprint density at radius 2 is 2.07 bits per heavy atom. The zero-order chi connectivity index (χ0) is 30.1. The average Bonchev–Trinajstić information content (AvgIpc) is 3.63. The fourth-order valence-electron chi connectivity index (χ4n) is 5.79. The molecule has 0 bridgehead atoms. The monoisotopic (exact) mass is 643 g/mol. The third kappa shape index (κ3) is 5.70. The second-order valence-electron chi connectivity index (χ2n) is 10.6. The normalized spacial score (nSPS) is 27.5. The van der Waals surface area contributed by atoms with Crippen LogP contribution in [0.4, 0.5) is 10.1 Å². The van der Waals surface area contributed by atoms with Crippen LogP contribution in [0.3, 0.4) is 0 Å². The lowest BCUT2D eigenvalue weighted by atomic mass is 9.91. The van der Waals surface area contributed by atoms with Gasteiger partial charge in [0.2, 0.25) is 0 Å². The summed E-state index contributed by atoms with van der Waals surface area (Å²) < 4.78 is 27.9. The highest BCUT2D eigenvalue weighted by Gasteiger charge is 2.52. The van der Waals surface area contributed by atoms with Crippen LogP contribution in [0.15, 0.2) is 47.1 Å². The summed E-state index contributed by atoms with van der Waals surface area (Å²) >= 11 is 3.40. The van der Waals surface area contributed by atoms with Crippen LogP contribution in [0, 0.1) is 24.1 Å². The number of methoxy groups -OCH3 is 1. The van der Waals surface area contributed by atoms with E-state index in [4.69, 9.17) is 9.47 Å². The number of aryl methyl sites for hydroxylation is 1. The molecule has 1 aliphatic carbocycles. The van der Waals surface area contributed by atoms with Crippen LogP contribution >= 0.6 is 15.9 Å². The van der Waals surface area contributed by atoms with E-state index >= 15 is 0 Å². The minimum absolute atomic E-state index is 0.307. The van der Waals surface area contributed by atoms with Crippen molar-refractivity contribution in [3.63, 3.8) is 0 Å². The third-order valence-corrected chi connectivity index (χ3v) is 8.43. The van der Waals surface area contributed by atoms with E-state index in [9.17, 15) is 29.8 Å². The van der Waals surface area contributed by atoms with Crippen molar-refractivity contribution in [3.8, 4) is 17.3 Å². The van der Waals surface area contributed by atoms with E-state index in [0.717, 1.165) is 0 Å². The molecule has 3 N–H and O–H groups in total. The Morgan fingerprint density at radius 1 is 1.29 bits per heavy atom. The lowest BCUT2D eigenvalue weighted by Crippen LogP contribution is -2.62. The number of nitrogens with zero attached hydrogens (tertiary/aromatic N) is 5. The Balaban J connectivity index is 1.55. The maximum absolute atomic E-state index is 14.4. The molecule has 5 rings (SSSR count). The minimum Gasteiger partial charge on any atom is -0.394 e. The molecule has 1 saturated heterocycles. The van der Waals surface area contributed by atoms with Crippen LogP contribution in [-0.2, 0) is 14.3 Å². The van der Waals surface area contributed by atoms with Crippen LogP contribution < -0.4 is 4.90 Å². The van der Waals surface area contributed by atoms with Crippen molar-refractivity contribution in [2.45, 2.75) is 68.8 Å². The summed E-state index contributed by atoms with van der Waals surface area (Å²) in [7, 11) is 1.36. The lowest BCUT2D eigenvalue weighted by Gasteiger charge is -2.45. The van der Waals surface area contributed by atoms with Crippen molar-refractivity contribution in [1.82, 2.24) is 15.0 Å². The molecule has 1 amide bonds. The van der Waals surface area contributed by atoms with Crippen molar-refractivity contribution < 1.29 is 34.0 Å². The summed E-state index contributed by atoms with van der Waals surface area (Å²) in [6, 6.07) is 9.94. The maximum Gasteiger partial charge on any atom is 0.259 e. The molecule has 2 aliphatic rings. The van der Waals surface area contributed by atoms with E-state index in [1.165, 1.54) is 29.0 Å². The lowest BCUT2D eigenvalue weighted by molar-refractivity contribution is -0.211. The average molecular weight is 644 g/mol. The van der Waals surface area contributed by atoms with E-state index in [1.54, 1.807) is 37.3 Å². The van der Waals surface area contributed by atoms with Gasteiger partial charge < -0.3 is 29.7 Å². The molecule has 5 unspecified atom stereocenters. The second kappa shape index (κ2) is 12.5. The van der Waals surface area contributed by atoms with E-state index < -0.39 is 60.9 Å². The van der Waals surface area contributed by atoms with Gasteiger partial charge in [-0.2, -0.15) is 5.26 Å². The number of halogens is 2. The van der Waals surface area contributed by atoms with Gasteiger partial charge in [0.15, 0.2) is 6.10 Å². The topological polar surface area (TPSA) is 154 Å². The predicted molar refractivity (Wildman–Crippen MR) is 152 cm³/mol. The number of hydrogen-bond donors (Lipinski definition) is 3. The van der Waals surface area contributed by atoms with Crippen LogP contribution in [0.1, 0.15) is 36.4 Å². The molecule has 7 atom stereocenters. The van der Waals surface area contributed by atoms with Crippen molar-refractivity contribution in [2.24, 2.45) is 0 Å². The summed E-state index contributed by atoms with van der Waals surface area (Å²) in [6.07, 6.45) is -2.60. The number of anilines is 1. The summed E-state index contributed by atoms with van der Waals surface area (Å²) in [5.41, 5.74) is 1.96. The van der Waals surface area contributed by atoms with Crippen LogP contribution in [0.25, 0.3) is 11.3 Å². The second-order valence-corrected chi connectivity index (χ2v) is 11.5. The van der Waals surface area contributed by atoms with Crippen molar-refractivity contribution in [2.75, 3.05) is 18.6 Å². The first-order valence-electron chi connectivity index (χ1n) is 13.5. The molecule has 0 radical (unpaired) electrons. The van der Waals surface area contributed by atoms with Gasteiger partial charge in [0.05, 0.1) is 36.6 Å². The molecule has 13 heteroatoms. The van der Waals surface area contributed by atoms with E-state index in [2.05, 4.69) is 32.3 Å². The molecule has 0 spiro atoms. The number of aliphatic hydroxyl groups is 3. The fraction of sp³-hybridized carbons (Fsp3) is 0.448. The molecule has 1 aliphatic heterocycles. The molecule has 1 saturated carbocycles. The molecular formula is C29H31BrFN5O6. The number of aliphatic hydroxyl groups excluding tert-OH is 3. The van der Waals surface area contributed by atoms with Crippen molar-refractivity contribution in [1.29, 1.82) is 5.26 Å². The van der Waals surface area contributed by atoms with E-state index in [1.807, 2.05) is 0 Å². The molecule has 42 heavy (non-hydrogen) atoms. The Bertz CT molecular complexity index is 1500. The molecule has 3 aromatic rings. The number of carbonyl (C=O) groups excluding carboxylic acids is 1. The van der Waals surface area contributed by atoms with Crippen LogP contribution in [-0.4, -0.2) is 86.5 Å². The van der Waals surface area contributed by atoms with Crippen LogP contribution in [0.2, 0.25) is 0 Å². The van der Waals surface area contributed by atoms with E-state index in [0.29, 0.717) is 51.8 Å². The number of amides is 1. The van der Waals surface area contributed by atoms with Gasteiger partial charge in [-0.25, -0.2) is 9.07 Å². The quantitative estimate of drug-likeness (QED) is 0.352. The molecule has 222 valence electrons. The summed E-state index contributed by atoms with van der Waals surface area (Å²) in [4.78, 5) is 15.8. The van der Waals surface area contributed by atoms with Gasteiger partial charge in [0.1, 0.15) is 35.9 Å². The highest BCUT2D eigenvalue weighted by Crippen LogP contribution is 2.37. The standard InChI is InChI=1S/C29H31BrFN5O6/c1-15-6-7-17(10-20(15)31)21-13-35(34-33-21)25-26(39)24(14-37)42-28(27(25)41-2)29(40)36(22-4-3-5-23(22)38)19-9-16(12-32)8-18(30)11-19/h6-11,13,22-28,37-39H,3-5,14H2,1-2H3/t22-,23-,24?,25?,26?,27?,28?/m0/s1. The minimum atomic E-state index is -1.35. The van der Waals surface area contributed by atoms with Crippen molar-refractivity contribution in [3.05, 3.63) is 64.0 Å². The number of rotatable bonds is 7. The first-order valence-corrected chi connectivity index (χ1v) is 14.3. The van der Waals surface area contributed by atoms with Gasteiger partial charge in [-0.1, -0.05) is 33.3 Å². The molecule has 1 aromatic heterocycles. The molecule has 11 nitrogen and oxygen atoms in total. The Morgan fingerprint density at radius 3 is 2.71 bits per heavy atom. The highest BCUT2D eigenvalue weighted by molar-refractivity contribution is 9.10. The smallest absolute Gasteiger partial charge is 0.259 e. The zero-order valence-corrected chi connectivity index (χ0v) is 24.6. The first-order chi connectivity index (χ1) is 20.2. The zero-order valence-electron chi connectivity index (χ0n) is 23.0. The predicted octanol–water partition coefficient (Wildman–Crippen LogP) is 2.65. The largest absolute Gasteiger partial charge is 0.394 e. The number of nitriles is 1. The van der Waals surface area contributed by atoms with Gasteiger partial charge in [-0.3, -0.25) is 4.79 Å². The van der Waals surface area contributed by atoms with E-state index in [-0.39, 0.29) is 0 Å². The summed E-state index contributed by atoms with van der Waals surface area (Å²) in [5.74, 6) is -0.985. The highest BCUT2D eigenvalue weighted by atomic mass is 79.9. The Hall–Kier alpha value is -3.25. The number of carbonyl (C=O) groups is 1. The maximum atomic E-state index is 14.4. The fourth-order valence-corrected chi connectivity index (χ4v) is 6.27. The summed E-state index contributed by atoms with van der Waals surface area (Å²) in [5, 5.41) is 50.1. The number of aromatic nitrogens is 3. The third-order valence-electron chi connectivity index (χ3n) is 7.97. The molecule has 2 aromatic carbocycles. The van der Waals surface area contributed by atoms with Gasteiger partial charge in [-0.15, -0.1) is 5.10 Å². The number of ether oxygens (including phenoxy) is 2.